The number of nitrogens with zero attached hydrogens (tertiary/aromatic N) is 2. The predicted molar refractivity (Wildman–Crippen MR) is 146 cm³/mol. The van der Waals surface area contributed by atoms with E-state index in [-0.39, 0.29) is 0 Å². The summed E-state index contributed by atoms with van der Waals surface area (Å²) in [4.78, 5) is 9.28. The van der Waals surface area contributed by atoms with Crippen molar-refractivity contribution in [3.8, 4) is 23.0 Å². The molecule has 0 aliphatic heterocycles. The van der Waals surface area contributed by atoms with Crippen molar-refractivity contribution in [3.05, 3.63) is 36.5 Å². The number of rotatable bonds is 19. The number of aromatic nitrogens is 2. The topological polar surface area (TPSA) is 44.2 Å². The van der Waals surface area contributed by atoms with Gasteiger partial charge in [-0.15, -0.1) is 0 Å². The molecule has 1 fully saturated rings. The Kier molecular flexibility index (Phi) is 13.6. The third-order valence-electron chi connectivity index (χ3n) is 7.23. The molecule has 3 rings (SSSR count). The van der Waals surface area contributed by atoms with Crippen molar-refractivity contribution in [2.75, 3.05) is 13.2 Å². The van der Waals surface area contributed by atoms with Crippen LogP contribution in [-0.2, 0) is 0 Å². The number of benzene rings is 1. The van der Waals surface area contributed by atoms with Crippen molar-refractivity contribution in [1.82, 2.24) is 9.97 Å². The normalized spacial score (nSPS) is 13.9. The highest BCUT2D eigenvalue weighted by Crippen LogP contribution is 2.30. The van der Waals surface area contributed by atoms with E-state index in [1.54, 1.807) is 6.20 Å². The van der Waals surface area contributed by atoms with Gasteiger partial charge in [0.25, 0.3) is 5.88 Å². The van der Waals surface area contributed by atoms with E-state index < -0.39 is 0 Å². The molecule has 0 amide bonds. The maximum atomic E-state index is 6.13. The molecule has 0 N–H and O–H groups in total. The number of hydrogen-bond acceptors (Lipinski definition) is 4. The van der Waals surface area contributed by atoms with Gasteiger partial charge in [0.1, 0.15) is 0 Å². The summed E-state index contributed by atoms with van der Waals surface area (Å²) in [6.45, 7) is 3.64. The largest absolute Gasteiger partial charge is 0.487 e. The van der Waals surface area contributed by atoms with Crippen LogP contribution in [0.15, 0.2) is 36.5 Å². The van der Waals surface area contributed by atoms with Crippen LogP contribution in [-0.4, -0.2) is 23.2 Å². The molecule has 4 nitrogen and oxygen atoms in total. The molecular weight excluding hydrogens is 432 g/mol. The van der Waals surface area contributed by atoms with E-state index in [1.165, 1.54) is 96.3 Å². The van der Waals surface area contributed by atoms with Gasteiger partial charge in [0.15, 0.2) is 11.6 Å². The SMILES string of the molecule is CCCCCCCCCOc1cnc(-c2ccccc2)nc1OCCCCCCCC1CCCC1. The first kappa shape index (κ1) is 27.5. The Balaban J connectivity index is 1.40. The third kappa shape index (κ3) is 11.0. The summed E-state index contributed by atoms with van der Waals surface area (Å²) in [5, 5.41) is 0. The second kappa shape index (κ2) is 17.3. The Morgan fingerprint density at radius 2 is 1.37 bits per heavy atom. The summed E-state index contributed by atoms with van der Waals surface area (Å²) in [6.07, 6.45) is 24.3. The molecule has 0 unspecified atom stereocenters. The molecule has 0 spiro atoms. The highest BCUT2D eigenvalue weighted by molar-refractivity contribution is 5.56. The smallest absolute Gasteiger partial charge is 0.260 e. The van der Waals surface area contributed by atoms with Gasteiger partial charge in [0, 0.05) is 5.56 Å². The van der Waals surface area contributed by atoms with E-state index in [0.717, 1.165) is 24.3 Å². The zero-order chi connectivity index (χ0) is 24.4. The van der Waals surface area contributed by atoms with Gasteiger partial charge in [-0.25, -0.2) is 4.98 Å². The van der Waals surface area contributed by atoms with E-state index in [4.69, 9.17) is 14.5 Å². The fraction of sp³-hybridized carbons (Fsp3) is 0.677. The van der Waals surface area contributed by atoms with Gasteiger partial charge in [-0.1, -0.05) is 134 Å². The van der Waals surface area contributed by atoms with E-state index >= 15 is 0 Å². The molecule has 0 radical (unpaired) electrons. The van der Waals surface area contributed by atoms with Crippen LogP contribution in [0, 0.1) is 5.92 Å². The molecule has 0 saturated heterocycles. The van der Waals surface area contributed by atoms with Gasteiger partial charge in [-0.2, -0.15) is 4.98 Å². The average molecular weight is 481 g/mol. The lowest BCUT2D eigenvalue weighted by molar-refractivity contribution is 0.249. The first-order valence-electron chi connectivity index (χ1n) is 14.5. The molecule has 4 heteroatoms. The Morgan fingerprint density at radius 3 is 2.09 bits per heavy atom. The summed E-state index contributed by atoms with van der Waals surface area (Å²) in [5.41, 5.74) is 0.998. The lowest BCUT2D eigenvalue weighted by Crippen LogP contribution is -2.06. The molecule has 1 heterocycles. The zero-order valence-electron chi connectivity index (χ0n) is 22.2. The molecule has 1 aliphatic carbocycles. The minimum atomic E-state index is 0.586. The molecular formula is C31H48N2O2. The van der Waals surface area contributed by atoms with Crippen molar-refractivity contribution < 1.29 is 9.47 Å². The Bertz CT molecular complexity index is 790. The van der Waals surface area contributed by atoms with Crippen LogP contribution in [0.2, 0.25) is 0 Å². The van der Waals surface area contributed by atoms with Crippen LogP contribution in [0.4, 0.5) is 0 Å². The van der Waals surface area contributed by atoms with Crippen molar-refractivity contribution in [2.24, 2.45) is 5.92 Å². The van der Waals surface area contributed by atoms with E-state index in [9.17, 15) is 0 Å². The first-order chi connectivity index (χ1) is 17.4. The minimum Gasteiger partial charge on any atom is -0.487 e. The lowest BCUT2D eigenvalue weighted by Gasteiger charge is -2.13. The van der Waals surface area contributed by atoms with Crippen molar-refractivity contribution in [3.63, 3.8) is 0 Å². The molecule has 1 aliphatic rings. The van der Waals surface area contributed by atoms with E-state index in [0.29, 0.717) is 30.7 Å². The first-order valence-corrected chi connectivity index (χ1v) is 14.5. The number of unbranched alkanes of at least 4 members (excludes halogenated alkanes) is 10. The quantitative estimate of drug-likeness (QED) is 0.188. The van der Waals surface area contributed by atoms with Crippen molar-refractivity contribution in [1.29, 1.82) is 0 Å². The summed E-state index contributed by atoms with van der Waals surface area (Å²) in [7, 11) is 0. The molecule has 35 heavy (non-hydrogen) atoms. The number of ether oxygens (including phenoxy) is 2. The van der Waals surface area contributed by atoms with Gasteiger partial charge in [-0.05, 0) is 18.8 Å². The van der Waals surface area contributed by atoms with Gasteiger partial charge in [-0.3, -0.25) is 0 Å². The van der Waals surface area contributed by atoms with Gasteiger partial charge in [0.05, 0.1) is 19.4 Å². The fourth-order valence-corrected chi connectivity index (χ4v) is 5.06. The van der Waals surface area contributed by atoms with Crippen LogP contribution in [0.25, 0.3) is 11.4 Å². The van der Waals surface area contributed by atoms with Crippen molar-refractivity contribution in [2.45, 2.75) is 116 Å². The fourth-order valence-electron chi connectivity index (χ4n) is 5.06. The summed E-state index contributed by atoms with van der Waals surface area (Å²) in [6, 6.07) is 10.1. The lowest BCUT2D eigenvalue weighted by atomic mass is 9.99. The molecule has 194 valence electrons. The summed E-state index contributed by atoms with van der Waals surface area (Å²) in [5.74, 6) is 2.97. The molecule has 1 aromatic heterocycles. The van der Waals surface area contributed by atoms with Crippen molar-refractivity contribution >= 4 is 0 Å². The van der Waals surface area contributed by atoms with Gasteiger partial charge < -0.3 is 9.47 Å². The second-order valence-corrected chi connectivity index (χ2v) is 10.3. The van der Waals surface area contributed by atoms with Crippen LogP contribution >= 0.6 is 0 Å². The zero-order valence-corrected chi connectivity index (χ0v) is 22.2. The van der Waals surface area contributed by atoms with E-state index in [2.05, 4.69) is 11.9 Å². The maximum Gasteiger partial charge on any atom is 0.260 e. The Hall–Kier alpha value is -2.10. The summed E-state index contributed by atoms with van der Waals surface area (Å²) < 4.78 is 12.2. The number of hydrogen-bond donors (Lipinski definition) is 0. The average Bonchev–Trinajstić information content (AvgIpc) is 3.42. The van der Waals surface area contributed by atoms with Crippen LogP contribution in [0.1, 0.15) is 116 Å². The molecule has 1 aromatic carbocycles. The van der Waals surface area contributed by atoms with Gasteiger partial charge in [0.2, 0.25) is 0 Å². The molecule has 2 aromatic rings. The highest BCUT2D eigenvalue weighted by atomic mass is 16.5. The molecule has 0 bridgehead atoms. The van der Waals surface area contributed by atoms with E-state index in [1.807, 2.05) is 30.3 Å². The Morgan fingerprint density at radius 1 is 0.743 bits per heavy atom. The van der Waals surface area contributed by atoms with Crippen LogP contribution in [0.5, 0.6) is 11.6 Å². The predicted octanol–water partition coefficient (Wildman–Crippen LogP) is 9.18. The monoisotopic (exact) mass is 480 g/mol. The highest BCUT2D eigenvalue weighted by Gasteiger charge is 2.14. The van der Waals surface area contributed by atoms with Crippen LogP contribution < -0.4 is 9.47 Å². The molecule has 1 saturated carbocycles. The Labute approximate surface area is 214 Å². The molecule has 0 atom stereocenters. The van der Waals surface area contributed by atoms with Crippen LogP contribution in [0.3, 0.4) is 0 Å². The maximum absolute atomic E-state index is 6.13. The summed E-state index contributed by atoms with van der Waals surface area (Å²) >= 11 is 0. The minimum absolute atomic E-state index is 0.586. The standard InChI is InChI=1S/C31H48N2O2/c1-2-3-4-5-6-9-17-24-34-29-26-32-30(28-22-13-11-14-23-28)33-31(29)35-25-18-10-7-8-12-19-27-20-15-16-21-27/h11,13-14,22-23,26-27H,2-10,12,15-21,24-25H2,1H3. The third-order valence-corrected chi connectivity index (χ3v) is 7.23. The second-order valence-electron chi connectivity index (χ2n) is 10.3. The van der Waals surface area contributed by atoms with Gasteiger partial charge >= 0.3 is 0 Å².